The molecular formula is C29H27F3N6O4. The van der Waals surface area contributed by atoms with Gasteiger partial charge in [0.15, 0.2) is 5.58 Å². The predicted molar refractivity (Wildman–Crippen MR) is 150 cm³/mol. The molecule has 0 unspecified atom stereocenters. The molecule has 0 amide bonds. The molecule has 5 rings (SSSR count). The van der Waals surface area contributed by atoms with Crippen LogP contribution in [0.15, 0.2) is 77.2 Å². The van der Waals surface area contributed by atoms with Crippen LogP contribution in [0.4, 0.5) is 24.9 Å². The first-order chi connectivity index (χ1) is 20.2. The fraction of sp³-hybridized carbons (Fsp3) is 0.207. The second kappa shape index (κ2) is 13.4. The number of carbonyl (C=O) groups is 1. The number of aliphatic carboxylic acids is 1. The smallest absolute Gasteiger partial charge is 0.490 e. The Bertz CT molecular complexity index is 1630. The summed E-state index contributed by atoms with van der Waals surface area (Å²) in [5, 5.41) is 25.2. The maximum Gasteiger partial charge on any atom is 0.490 e. The summed E-state index contributed by atoms with van der Waals surface area (Å²) in [6, 6.07) is 20.3. The summed E-state index contributed by atoms with van der Waals surface area (Å²) in [6.07, 6.45) is 0.688. The van der Waals surface area contributed by atoms with Gasteiger partial charge in [-0.2, -0.15) is 23.4 Å². The van der Waals surface area contributed by atoms with Crippen LogP contribution in [0.2, 0.25) is 0 Å². The number of alkyl halides is 3. The van der Waals surface area contributed by atoms with Gasteiger partial charge >= 0.3 is 12.1 Å². The van der Waals surface area contributed by atoms with E-state index in [2.05, 4.69) is 62.1 Å². The highest BCUT2D eigenvalue weighted by atomic mass is 19.4. The number of ether oxygens (including phenoxy) is 1. The van der Waals surface area contributed by atoms with Crippen molar-refractivity contribution in [2.24, 2.45) is 0 Å². The number of anilines is 2. The van der Waals surface area contributed by atoms with Crippen LogP contribution in [-0.2, 0) is 11.2 Å². The zero-order valence-corrected chi connectivity index (χ0v) is 22.6. The normalized spacial score (nSPS) is 11.4. The lowest BCUT2D eigenvalue weighted by Crippen LogP contribution is -2.21. The molecule has 3 N–H and O–H groups in total. The lowest BCUT2D eigenvalue weighted by molar-refractivity contribution is -0.192. The maximum absolute atomic E-state index is 10.6. The average Bonchev–Trinajstić information content (AvgIpc) is 3.65. The van der Waals surface area contributed by atoms with Crippen molar-refractivity contribution in [3.05, 3.63) is 78.4 Å². The standard InChI is InChI=1S/C27H26N6O2.C2HF3O2/c1-3-5-10-18-16-19(20-11-6-7-12-21(20)26-30-32-33-31-26)17-23(25(18)34-15-4-2)29-27-28-22-13-8-9-14-24(22)35-27;3-2(4,5)1(6)7/h3,5-9,11-14,16-17H,4,10,15H2,1-2H3,(H,28,29)(H,30,31,32,33);(H,6,7). The highest BCUT2D eigenvalue weighted by molar-refractivity contribution is 5.85. The molecule has 2 aromatic heterocycles. The van der Waals surface area contributed by atoms with Gasteiger partial charge in [-0.1, -0.05) is 55.5 Å². The lowest BCUT2D eigenvalue weighted by atomic mass is 9.95. The summed E-state index contributed by atoms with van der Waals surface area (Å²) in [4.78, 5) is 13.5. The molecule has 13 heteroatoms. The van der Waals surface area contributed by atoms with Gasteiger partial charge in [-0.15, -0.1) is 10.2 Å². The number of nitrogens with zero attached hydrogens (tertiary/aromatic N) is 4. The average molecular weight is 581 g/mol. The van der Waals surface area contributed by atoms with Crippen LogP contribution in [0.25, 0.3) is 33.6 Å². The van der Waals surface area contributed by atoms with Crippen molar-refractivity contribution in [1.82, 2.24) is 25.6 Å². The Morgan fingerprint density at radius 3 is 2.48 bits per heavy atom. The van der Waals surface area contributed by atoms with Crippen LogP contribution in [0.5, 0.6) is 5.75 Å². The van der Waals surface area contributed by atoms with Crippen LogP contribution in [0.1, 0.15) is 25.8 Å². The number of fused-ring (bicyclic) bond motifs is 1. The second-order valence-corrected chi connectivity index (χ2v) is 8.83. The molecule has 0 saturated carbocycles. The van der Waals surface area contributed by atoms with Crippen LogP contribution in [0.3, 0.4) is 0 Å². The molecule has 0 fully saturated rings. The Hall–Kier alpha value is -5.20. The SMILES string of the molecule is CC=CCc1cc(-c2ccccc2-c2nn[nH]n2)cc(Nc2nc3ccccc3o2)c1OCCC.O=C(O)C(F)(F)F. The van der Waals surface area contributed by atoms with Crippen molar-refractivity contribution in [3.63, 3.8) is 0 Å². The summed E-state index contributed by atoms with van der Waals surface area (Å²) < 4.78 is 43.9. The molecule has 3 aromatic carbocycles. The van der Waals surface area contributed by atoms with Crippen LogP contribution >= 0.6 is 0 Å². The zero-order valence-electron chi connectivity index (χ0n) is 22.6. The Labute approximate surface area is 238 Å². The lowest BCUT2D eigenvalue weighted by Gasteiger charge is -2.18. The Morgan fingerprint density at radius 2 is 1.83 bits per heavy atom. The second-order valence-electron chi connectivity index (χ2n) is 8.83. The number of carboxylic acid groups (broad SMARTS) is 1. The van der Waals surface area contributed by atoms with E-state index in [0.717, 1.165) is 57.6 Å². The quantitative estimate of drug-likeness (QED) is 0.158. The summed E-state index contributed by atoms with van der Waals surface area (Å²) in [5.41, 5.74) is 6.21. The van der Waals surface area contributed by atoms with Gasteiger partial charge in [0.25, 0.3) is 6.01 Å². The predicted octanol–water partition coefficient (Wildman–Crippen LogP) is 6.96. The number of benzene rings is 3. The Morgan fingerprint density at radius 1 is 1.12 bits per heavy atom. The molecule has 0 saturated heterocycles. The summed E-state index contributed by atoms with van der Waals surface area (Å²) >= 11 is 0. The Kier molecular flexibility index (Phi) is 9.53. The molecule has 10 nitrogen and oxygen atoms in total. The van der Waals surface area contributed by atoms with E-state index in [-0.39, 0.29) is 0 Å². The van der Waals surface area contributed by atoms with Crippen molar-refractivity contribution >= 4 is 28.8 Å². The van der Waals surface area contributed by atoms with Gasteiger partial charge in [-0.25, -0.2) is 4.79 Å². The number of H-pyrrole nitrogens is 1. The van der Waals surface area contributed by atoms with E-state index in [1.54, 1.807) is 0 Å². The van der Waals surface area contributed by atoms with E-state index in [4.69, 9.17) is 19.1 Å². The minimum Gasteiger partial charge on any atom is -0.491 e. The molecule has 0 bridgehead atoms. The molecule has 0 radical (unpaired) electrons. The van der Waals surface area contributed by atoms with Gasteiger partial charge in [0.05, 0.1) is 12.3 Å². The highest BCUT2D eigenvalue weighted by Gasteiger charge is 2.38. The van der Waals surface area contributed by atoms with Crippen LogP contribution < -0.4 is 10.1 Å². The monoisotopic (exact) mass is 580 g/mol. The van der Waals surface area contributed by atoms with Crippen molar-refractivity contribution in [2.75, 3.05) is 11.9 Å². The number of nitrogens with one attached hydrogen (secondary N) is 2. The number of allylic oxidation sites excluding steroid dienone is 2. The van der Waals surface area contributed by atoms with Gasteiger partial charge in [0.2, 0.25) is 5.82 Å². The number of halogens is 3. The maximum atomic E-state index is 10.6. The van der Waals surface area contributed by atoms with Gasteiger partial charge in [-0.05, 0) is 60.4 Å². The van der Waals surface area contributed by atoms with E-state index in [1.807, 2.05) is 55.5 Å². The molecule has 5 aromatic rings. The van der Waals surface area contributed by atoms with Crippen molar-refractivity contribution in [2.45, 2.75) is 32.9 Å². The molecule has 2 heterocycles. The number of hydrogen-bond donors (Lipinski definition) is 3. The fourth-order valence-corrected chi connectivity index (χ4v) is 3.95. The number of carboxylic acids is 1. The van der Waals surface area contributed by atoms with Crippen molar-refractivity contribution < 1.29 is 32.2 Å². The summed E-state index contributed by atoms with van der Waals surface area (Å²) in [5.74, 6) is -1.43. The minimum atomic E-state index is -5.08. The first-order valence-electron chi connectivity index (χ1n) is 12.9. The van der Waals surface area contributed by atoms with Gasteiger partial charge in [0.1, 0.15) is 11.3 Å². The first-order valence-corrected chi connectivity index (χ1v) is 12.9. The first kappa shape index (κ1) is 29.8. The van der Waals surface area contributed by atoms with E-state index in [9.17, 15) is 13.2 Å². The fourth-order valence-electron chi connectivity index (χ4n) is 3.95. The molecule has 0 spiro atoms. The summed E-state index contributed by atoms with van der Waals surface area (Å²) in [7, 11) is 0. The third-order valence-electron chi connectivity index (χ3n) is 5.79. The molecule has 0 aliphatic heterocycles. The van der Waals surface area contributed by atoms with Gasteiger partial charge in [0, 0.05) is 11.1 Å². The topological polar surface area (TPSA) is 139 Å². The molecule has 0 atom stereocenters. The van der Waals surface area contributed by atoms with Crippen molar-refractivity contribution in [1.29, 1.82) is 0 Å². The number of hydrogen-bond acceptors (Lipinski definition) is 8. The molecular weight excluding hydrogens is 553 g/mol. The number of aromatic amines is 1. The van der Waals surface area contributed by atoms with Crippen molar-refractivity contribution in [3.8, 4) is 28.3 Å². The van der Waals surface area contributed by atoms with Crippen LogP contribution in [0, 0.1) is 0 Å². The molecule has 218 valence electrons. The third kappa shape index (κ3) is 7.30. The molecule has 0 aliphatic rings. The number of tetrazole rings is 1. The zero-order chi connectivity index (χ0) is 30.1. The number of para-hydroxylation sites is 2. The van der Waals surface area contributed by atoms with E-state index >= 15 is 0 Å². The minimum absolute atomic E-state index is 0.410. The van der Waals surface area contributed by atoms with Gasteiger partial charge < -0.3 is 19.6 Å². The summed E-state index contributed by atoms with van der Waals surface area (Å²) in [6.45, 7) is 4.71. The molecule has 42 heavy (non-hydrogen) atoms. The number of aromatic nitrogens is 5. The van der Waals surface area contributed by atoms with Gasteiger partial charge in [-0.3, -0.25) is 0 Å². The highest BCUT2D eigenvalue weighted by Crippen LogP contribution is 2.40. The van der Waals surface area contributed by atoms with E-state index in [0.29, 0.717) is 18.4 Å². The Balaban J connectivity index is 0.000000517. The number of oxazole rings is 1. The van der Waals surface area contributed by atoms with E-state index in [1.165, 1.54) is 0 Å². The van der Waals surface area contributed by atoms with E-state index < -0.39 is 12.1 Å². The third-order valence-corrected chi connectivity index (χ3v) is 5.79. The number of rotatable bonds is 9. The van der Waals surface area contributed by atoms with Crippen LogP contribution in [-0.4, -0.2) is 49.5 Å². The largest absolute Gasteiger partial charge is 0.491 e. The molecule has 0 aliphatic carbocycles.